The van der Waals surface area contributed by atoms with Gasteiger partial charge in [0.25, 0.3) is 5.91 Å². The van der Waals surface area contributed by atoms with E-state index in [-0.39, 0.29) is 11.9 Å². The molecule has 1 atom stereocenters. The summed E-state index contributed by atoms with van der Waals surface area (Å²) in [5.41, 5.74) is 3.18. The molecule has 0 aromatic heterocycles. The number of carbonyl (C=O) groups excluding carboxylic acids is 1. The molecule has 2 aromatic rings. The molecule has 1 aliphatic heterocycles. The lowest BCUT2D eigenvalue weighted by atomic mass is 10.0. The third kappa shape index (κ3) is 5.09. The summed E-state index contributed by atoms with van der Waals surface area (Å²) < 4.78 is 0. The summed E-state index contributed by atoms with van der Waals surface area (Å²) in [6.45, 7) is 4.91. The molecule has 0 saturated carbocycles. The van der Waals surface area contributed by atoms with E-state index in [2.05, 4.69) is 41.4 Å². The Hall–Kier alpha value is -1.84. The fourth-order valence-electron chi connectivity index (χ4n) is 3.55. The van der Waals surface area contributed by atoms with Crippen molar-refractivity contribution in [3.8, 4) is 0 Å². The largest absolute Gasteiger partial charge is 0.350 e. The highest BCUT2D eigenvalue weighted by Crippen LogP contribution is 2.24. The molecule has 2 aromatic carbocycles. The number of likely N-dealkylation sites (tertiary alicyclic amines) is 1. The molecule has 3 rings (SSSR count). The second kappa shape index (κ2) is 9.20. The summed E-state index contributed by atoms with van der Waals surface area (Å²) in [5, 5.41) is 3.77. The molecule has 0 spiro atoms. The molecule has 4 heteroatoms. The predicted molar refractivity (Wildman–Crippen MR) is 108 cm³/mol. The van der Waals surface area contributed by atoms with Gasteiger partial charge in [-0.2, -0.15) is 0 Å². The number of aryl methyl sites for hydroxylation is 1. The Morgan fingerprint density at radius 3 is 2.23 bits per heavy atom. The van der Waals surface area contributed by atoms with Crippen LogP contribution in [0.25, 0.3) is 0 Å². The van der Waals surface area contributed by atoms with Crippen molar-refractivity contribution < 1.29 is 4.79 Å². The van der Waals surface area contributed by atoms with Gasteiger partial charge < -0.3 is 5.32 Å². The lowest BCUT2D eigenvalue weighted by Gasteiger charge is -2.31. The van der Waals surface area contributed by atoms with E-state index in [4.69, 9.17) is 11.6 Å². The van der Waals surface area contributed by atoms with E-state index >= 15 is 0 Å². The third-order valence-corrected chi connectivity index (χ3v) is 5.36. The Labute approximate surface area is 161 Å². The van der Waals surface area contributed by atoms with Crippen molar-refractivity contribution in [2.24, 2.45) is 0 Å². The minimum Gasteiger partial charge on any atom is -0.350 e. The Kier molecular flexibility index (Phi) is 6.70. The van der Waals surface area contributed by atoms with Crippen molar-refractivity contribution in [2.75, 3.05) is 19.6 Å². The van der Waals surface area contributed by atoms with E-state index in [0.717, 1.165) is 13.1 Å². The summed E-state index contributed by atoms with van der Waals surface area (Å²) in [6, 6.07) is 16.0. The van der Waals surface area contributed by atoms with Crippen molar-refractivity contribution in [1.82, 2.24) is 10.2 Å². The number of rotatable bonds is 5. The van der Waals surface area contributed by atoms with E-state index in [0.29, 0.717) is 17.1 Å². The second-order valence-electron chi connectivity index (χ2n) is 7.09. The van der Waals surface area contributed by atoms with Crippen LogP contribution < -0.4 is 5.32 Å². The van der Waals surface area contributed by atoms with Crippen molar-refractivity contribution in [2.45, 2.75) is 38.6 Å². The Morgan fingerprint density at radius 2 is 1.62 bits per heavy atom. The van der Waals surface area contributed by atoms with Gasteiger partial charge in [0.2, 0.25) is 0 Å². The zero-order chi connectivity index (χ0) is 18.4. The number of nitrogens with zero attached hydrogens (tertiary/aromatic N) is 1. The second-order valence-corrected chi connectivity index (χ2v) is 7.53. The minimum atomic E-state index is -0.0476. The normalized spacial score (nSPS) is 16.7. The van der Waals surface area contributed by atoms with Gasteiger partial charge in [-0.15, -0.1) is 0 Å². The van der Waals surface area contributed by atoms with Crippen molar-refractivity contribution >= 4 is 17.5 Å². The van der Waals surface area contributed by atoms with Gasteiger partial charge in [0.1, 0.15) is 0 Å². The molecule has 3 nitrogen and oxygen atoms in total. The molecular weight excluding hydrogens is 344 g/mol. The quantitative estimate of drug-likeness (QED) is 0.803. The molecule has 0 aliphatic carbocycles. The van der Waals surface area contributed by atoms with Gasteiger partial charge in [0.15, 0.2) is 0 Å². The highest BCUT2D eigenvalue weighted by Gasteiger charge is 2.22. The zero-order valence-corrected chi connectivity index (χ0v) is 16.1. The molecule has 0 bridgehead atoms. The summed E-state index contributed by atoms with van der Waals surface area (Å²) in [6.07, 6.45) is 5.06. The number of nitrogens with one attached hydrogen (secondary N) is 1. The van der Waals surface area contributed by atoms with E-state index in [9.17, 15) is 4.79 Å². The number of hydrogen-bond acceptors (Lipinski definition) is 2. The molecule has 26 heavy (non-hydrogen) atoms. The van der Waals surface area contributed by atoms with E-state index < -0.39 is 0 Å². The summed E-state index contributed by atoms with van der Waals surface area (Å²) in [5.74, 6) is -0.0476. The van der Waals surface area contributed by atoms with Crippen molar-refractivity contribution in [1.29, 1.82) is 0 Å². The summed E-state index contributed by atoms with van der Waals surface area (Å²) >= 11 is 5.92. The van der Waals surface area contributed by atoms with Gasteiger partial charge in [0, 0.05) is 17.1 Å². The predicted octanol–water partition coefficient (Wildman–Crippen LogP) is 5.00. The topological polar surface area (TPSA) is 32.3 Å². The standard InChI is InChI=1S/C22H27ClN2O/c1-17-6-8-18(9-7-17)21(25-14-4-2-3-5-15-25)16-24-22(26)19-10-12-20(23)13-11-19/h6-13,21H,2-5,14-16H2,1H3,(H,24,26)/t21-/m0/s1. The van der Waals surface area contributed by atoms with E-state index in [1.54, 1.807) is 24.3 Å². The van der Waals surface area contributed by atoms with Gasteiger partial charge >= 0.3 is 0 Å². The molecule has 0 unspecified atom stereocenters. The Balaban J connectivity index is 1.73. The van der Waals surface area contributed by atoms with Gasteiger partial charge in [-0.3, -0.25) is 9.69 Å². The van der Waals surface area contributed by atoms with Crippen molar-refractivity contribution in [3.63, 3.8) is 0 Å². The SMILES string of the molecule is Cc1ccc([C@H](CNC(=O)c2ccc(Cl)cc2)N2CCCCCC2)cc1. The minimum absolute atomic E-state index is 0.0476. The van der Waals surface area contributed by atoms with Crippen LogP contribution >= 0.6 is 11.6 Å². The summed E-state index contributed by atoms with van der Waals surface area (Å²) in [4.78, 5) is 15.1. The van der Waals surface area contributed by atoms with Crippen LogP contribution in [-0.4, -0.2) is 30.4 Å². The highest BCUT2D eigenvalue weighted by atomic mass is 35.5. The average Bonchev–Trinajstić information content (AvgIpc) is 2.93. The fourth-order valence-corrected chi connectivity index (χ4v) is 3.67. The lowest BCUT2D eigenvalue weighted by Crippen LogP contribution is -2.38. The maximum Gasteiger partial charge on any atom is 0.251 e. The van der Waals surface area contributed by atoms with Crippen LogP contribution in [0.3, 0.4) is 0 Å². The third-order valence-electron chi connectivity index (χ3n) is 5.11. The Morgan fingerprint density at radius 1 is 1.00 bits per heavy atom. The maximum absolute atomic E-state index is 12.5. The van der Waals surface area contributed by atoms with Crippen LogP contribution in [0.4, 0.5) is 0 Å². The van der Waals surface area contributed by atoms with Crippen LogP contribution in [0.5, 0.6) is 0 Å². The zero-order valence-electron chi connectivity index (χ0n) is 15.4. The van der Waals surface area contributed by atoms with Crippen LogP contribution in [0, 0.1) is 6.92 Å². The first-order valence-corrected chi connectivity index (χ1v) is 9.85. The number of carbonyl (C=O) groups is 1. The van der Waals surface area contributed by atoms with Gasteiger partial charge in [-0.25, -0.2) is 0 Å². The molecule has 0 radical (unpaired) electrons. The monoisotopic (exact) mass is 370 g/mol. The van der Waals surface area contributed by atoms with Crippen LogP contribution in [-0.2, 0) is 0 Å². The van der Waals surface area contributed by atoms with Crippen LogP contribution in [0.2, 0.25) is 5.02 Å². The highest BCUT2D eigenvalue weighted by molar-refractivity contribution is 6.30. The number of amides is 1. The molecule has 1 heterocycles. The molecule has 1 N–H and O–H groups in total. The number of halogens is 1. The molecule has 138 valence electrons. The van der Waals surface area contributed by atoms with Crippen molar-refractivity contribution in [3.05, 3.63) is 70.2 Å². The first-order chi connectivity index (χ1) is 12.6. The Bertz CT molecular complexity index is 704. The van der Waals surface area contributed by atoms with E-state index in [1.165, 1.54) is 36.8 Å². The average molecular weight is 371 g/mol. The maximum atomic E-state index is 12.5. The molecule has 1 saturated heterocycles. The lowest BCUT2D eigenvalue weighted by molar-refractivity contribution is 0.0933. The summed E-state index contributed by atoms with van der Waals surface area (Å²) in [7, 11) is 0. The van der Waals surface area contributed by atoms with Crippen LogP contribution in [0.1, 0.15) is 53.2 Å². The fraction of sp³-hybridized carbons (Fsp3) is 0.409. The first kappa shape index (κ1) is 18.9. The molecule has 1 aliphatic rings. The van der Waals surface area contributed by atoms with Gasteiger partial charge in [-0.1, -0.05) is 54.3 Å². The van der Waals surface area contributed by atoms with Crippen LogP contribution in [0.15, 0.2) is 48.5 Å². The van der Waals surface area contributed by atoms with Gasteiger partial charge in [0.05, 0.1) is 6.04 Å². The number of hydrogen-bond donors (Lipinski definition) is 1. The van der Waals surface area contributed by atoms with Gasteiger partial charge in [-0.05, 0) is 62.7 Å². The molecule has 1 amide bonds. The smallest absolute Gasteiger partial charge is 0.251 e. The number of benzene rings is 2. The molecule has 1 fully saturated rings. The van der Waals surface area contributed by atoms with E-state index in [1.807, 2.05) is 0 Å². The first-order valence-electron chi connectivity index (χ1n) is 9.48. The molecular formula is C22H27ClN2O.